The van der Waals surface area contributed by atoms with Gasteiger partial charge in [-0.05, 0) is 37.2 Å². The minimum atomic E-state index is -0.939. The number of aromatic carboxylic acids is 1. The highest BCUT2D eigenvalue weighted by molar-refractivity contribution is 6.31. The van der Waals surface area contributed by atoms with Gasteiger partial charge in [-0.15, -0.1) is 0 Å². The average molecular weight is 311 g/mol. The Bertz CT molecular complexity index is 503. The maximum Gasteiger partial charge on any atom is 0.335 e. The Kier molecular flexibility index (Phi) is 5.62. The maximum atomic E-state index is 10.9. The van der Waals surface area contributed by atoms with E-state index >= 15 is 0 Å². The van der Waals surface area contributed by atoms with Crippen molar-refractivity contribution in [2.24, 2.45) is 0 Å². The molecule has 0 saturated carbocycles. The zero-order valence-corrected chi connectivity index (χ0v) is 13.4. The van der Waals surface area contributed by atoms with Crippen molar-refractivity contribution in [3.63, 3.8) is 0 Å². The topological polar surface area (TPSA) is 43.8 Å². The summed E-state index contributed by atoms with van der Waals surface area (Å²) >= 11 is 6.20. The van der Waals surface area contributed by atoms with Crippen LogP contribution in [0.15, 0.2) is 18.2 Å². The average Bonchev–Trinajstić information content (AvgIpc) is 2.91. The second-order valence-electron chi connectivity index (χ2n) is 5.51. The van der Waals surface area contributed by atoms with Gasteiger partial charge in [-0.1, -0.05) is 31.5 Å². The molecule has 0 aliphatic carbocycles. The highest BCUT2D eigenvalue weighted by Gasteiger charge is 2.26. The van der Waals surface area contributed by atoms with Gasteiger partial charge in [0.05, 0.1) is 5.56 Å². The standard InChI is InChI=1S/C16H23ClN2O2/c1-3-19(4-2)14-7-8-18(11-14)10-13-6-5-12(16(20)21)9-15(13)17/h5-6,9,14H,3-4,7-8,10-11H2,1-2H3,(H,20,21). The predicted molar refractivity (Wildman–Crippen MR) is 85.0 cm³/mol. The Balaban J connectivity index is 1.98. The molecule has 2 rings (SSSR count). The monoisotopic (exact) mass is 310 g/mol. The number of carboxylic acids is 1. The molecule has 1 heterocycles. The van der Waals surface area contributed by atoms with E-state index in [1.54, 1.807) is 6.07 Å². The van der Waals surface area contributed by atoms with Crippen molar-refractivity contribution in [3.05, 3.63) is 34.3 Å². The lowest BCUT2D eigenvalue weighted by Gasteiger charge is -2.26. The third kappa shape index (κ3) is 3.96. The van der Waals surface area contributed by atoms with Crippen molar-refractivity contribution in [1.82, 2.24) is 9.80 Å². The first-order valence-electron chi connectivity index (χ1n) is 7.53. The minimum Gasteiger partial charge on any atom is -0.478 e. The van der Waals surface area contributed by atoms with Crippen LogP contribution in [0.1, 0.15) is 36.2 Å². The van der Waals surface area contributed by atoms with Crippen LogP contribution in [0.2, 0.25) is 5.02 Å². The van der Waals surface area contributed by atoms with Crippen LogP contribution in [-0.4, -0.2) is 53.1 Å². The molecule has 0 radical (unpaired) electrons. The van der Waals surface area contributed by atoms with Crippen LogP contribution in [0.5, 0.6) is 0 Å². The van der Waals surface area contributed by atoms with Crippen LogP contribution < -0.4 is 0 Å². The fourth-order valence-corrected chi connectivity index (χ4v) is 3.28. The van der Waals surface area contributed by atoms with Crippen molar-refractivity contribution in [2.75, 3.05) is 26.2 Å². The third-order valence-electron chi connectivity index (χ3n) is 4.27. The van der Waals surface area contributed by atoms with Crippen molar-refractivity contribution >= 4 is 17.6 Å². The summed E-state index contributed by atoms with van der Waals surface area (Å²) in [6.45, 7) is 9.49. The van der Waals surface area contributed by atoms with E-state index in [1.165, 1.54) is 12.5 Å². The quantitative estimate of drug-likeness (QED) is 0.877. The molecule has 0 spiro atoms. The van der Waals surface area contributed by atoms with E-state index in [2.05, 4.69) is 23.6 Å². The van der Waals surface area contributed by atoms with Gasteiger partial charge in [0.25, 0.3) is 0 Å². The van der Waals surface area contributed by atoms with Gasteiger partial charge in [0.1, 0.15) is 0 Å². The number of benzene rings is 1. The number of likely N-dealkylation sites (tertiary alicyclic amines) is 1. The Labute approximate surface area is 131 Å². The van der Waals surface area contributed by atoms with E-state index in [1.807, 2.05) is 6.07 Å². The van der Waals surface area contributed by atoms with Crippen LogP contribution >= 0.6 is 11.6 Å². The van der Waals surface area contributed by atoms with Crippen molar-refractivity contribution in [1.29, 1.82) is 0 Å². The number of halogens is 1. The van der Waals surface area contributed by atoms with Gasteiger partial charge in [0.2, 0.25) is 0 Å². The molecule has 1 aliphatic heterocycles. The molecule has 1 aromatic rings. The summed E-state index contributed by atoms with van der Waals surface area (Å²) in [6, 6.07) is 5.62. The molecule has 0 bridgehead atoms. The molecule has 1 atom stereocenters. The first kappa shape index (κ1) is 16.3. The molecule has 1 N–H and O–H groups in total. The van der Waals surface area contributed by atoms with Crippen molar-refractivity contribution in [2.45, 2.75) is 32.9 Å². The van der Waals surface area contributed by atoms with Gasteiger partial charge in [-0.2, -0.15) is 0 Å². The van der Waals surface area contributed by atoms with Gasteiger partial charge in [0, 0.05) is 30.7 Å². The van der Waals surface area contributed by atoms with E-state index in [4.69, 9.17) is 16.7 Å². The van der Waals surface area contributed by atoms with Crippen LogP contribution in [0.3, 0.4) is 0 Å². The van der Waals surface area contributed by atoms with Gasteiger partial charge in [0.15, 0.2) is 0 Å². The molecule has 1 unspecified atom stereocenters. The third-order valence-corrected chi connectivity index (χ3v) is 4.62. The smallest absolute Gasteiger partial charge is 0.335 e. The molecule has 116 valence electrons. The molecule has 1 fully saturated rings. The summed E-state index contributed by atoms with van der Waals surface area (Å²) < 4.78 is 0. The largest absolute Gasteiger partial charge is 0.478 e. The number of carboxylic acid groups (broad SMARTS) is 1. The highest BCUT2D eigenvalue weighted by atomic mass is 35.5. The van der Waals surface area contributed by atoms with Gasteiger partial charge >= 0.3 is 5.97 Å². The zero-order valence-electron chi connectivity index (χ0n) is 12.7. The first-order valence-corrected chi connectivity index (χ1v) is 7.91. The maximum absolute atomic E-state index is 10.9. The van der Waals surface area contributed by atoms with Crippen LogP contribution in [0, 0.1) is 0 Å². The molecular weight excluding hydrogens is 288 g/mol. The molecule has 1 saturated heterocycles. The second kappa shape index (κ2) is 7.25. The summed E-state index contributed by atoms with van der Waals surface area (Å²) in [7, 11) is 0. The van der Waals surface area contributed by atoms with Gasteiger partial charge < -0.3 is 5.11 Å². The normalized spacial score (nSPS) is 19.3. The Morgan fingerprint density at radius 2 is 2.14 bits per heavy atom. The van der Waals surface area contributed by atoms with Crippen LogP contribution in [0.25, 0.3) is 0 Å². The first-order chi connectivity index (χ1) is 10.0. The Morgan fingerprint density at radius 1 is 1.43 bits per heavy atom. The molecule has 0 amide bonds. The van der Waals surface area contributed by atoms with Crippen LogP contribution in [0.4, 0.5) is 0 Å². The molecule has 5 heteroatoms. The lowest BCUT2D eigenvalue weighted by atomic mass is 10.1. The number of hydrogen-bond acceptors (Lipinski definition) is 3. The molecule has 21 heavy (non-hydrogen) atoms. The highest BCUT2D eigenvalue weighted by Crippen LogP contribution is 2.23. The van der Waals surface area contributed by atoms with Crippen molar-refractivity contribution < 1.29 is 9.90 Å². The van der Waals surface area contributed by atoms with Crippen molar-refractivity contribution in [3.8, 4) is 0 Å². The fourth-order valence-electron chi connectivity index (χ4n) is 3.04. The SMILES string of the molecule is CCN(CC)C1CCN(Cc2ccc(C(=O)O)cc2Cl)C1. The number of nitrogens with zero attached hydrogens (tertiary/aromatic N) is 2. The van der Waals surface area contributed by atoms with Crippen LogP contribution in [-0.2, 0) is 6.54 Å². The van der Waals surface area contributed by atoms with Gasteiger partial charge in [-0.25, -0.2) is 4.79 Å². The summed E-state index contributed by atoms with van der Waals surface area (Å²) in [6.07, 6.45) is 1.19. The summed E-state index contributed by atoms with van der Waals surface area (Å²) in [5.41, 5.74) is 1.24. The van der Waals surface area contributed by atoms with E-state index in [0.29, 0.717) is 11.1 Å². The van der Waals surface area contributed by atoms with E-state index in [0.717, 1.165) is 38.3 Å². The molecule has 1 aromatic carbocycles. The number of likely N-dealkylation sites (N-methyl/N-ethyl adjacent to an activating group) is 1. The summed E-state index contributed by atoms with van der Waals surface area (Å²) in [5.74, 6) is -0.939. The van der Waals surface area contributed by atoms with E-state index in [-0.39, 0.29) is 5.56 Å². The lowest BCUT2D eigenvalue weighted by Crippen LogP contribution is -2.37. The lowest BCUT2D eigenvalue weighted by molar-refractivity contribution is 0.0697. The minimum absolute atomic E-state index is 0.242. The van der Waals surface area contributed by atoms with E-state index < -0.39 is 5.97 Å². The van der Waals surface area contributed by atoms with E-state index in [9.17, 15) is 4.79 Å². The molecule has 4 nitrogen and oxygen atoms in total. The number of carbonyl (C=O) groups is 1. The fraction of sp³-hybridized carbons (Fsp3) is 0.562. The molecule has 1 aliphatic rings. The molecular formula is C16H23ClN2O2. The molecule has 0 aromatic heterocycles. The second-order valence-corrected chi connectivity index (χ2v) is 5.92. The zero-order chi connectivity index (χ0) is 15.4. The Morgan fingerprint density at radius 3 is 2.71 bits per heavy atom. The predicted octanol–water partition coefficient (Wildman–Crippen LogP) is 2.95. The number of hydrogen-bond donors (Lipinski definition) is 1. The number of rotatable bonds is 6. The van der Waals surface area contributed by atoms with Gasteiger partial charge in [-0.3, -0.25) is 9.80 Å². The Hall–Kier alpha value is -1.10. The summed E-state index contributed by atoms with van der Waals surface area (Å²) in [4.78, 5) is 15.8. The summed E-state index contributed by atoms with van der Waals surface area (Å²) in [5, 5.41) is 9.50.